The number of rotatable bonds is 1. The Balaban J connectivity index is 1.94. The van der Waals surface area contributed by atoms with Crippen LogP contribution in [0.25, 0.3) is 0 Å². The van der Waals surface area contributed by atoms with Crippen LogP contribution in [0.4, 0.5) is 0 Å². The fourth-order valence-electron chi connectivity index (χ4n) is 0.573. The summed E-state index contributed by atoms with van der Waals surface area (Å²) in [4.78, 5) is 0. The minimum Gasteiger partial charge on any atom is -0.246 e. The summed E-state index contributed by atoms with van der Waals surface area (Å²) in [7, 11) is 0. The summed E-state index contributed by atoms with van der Waals surface area (Å²) in [5.74, 6) is 0.929. The third kappa shape index (κ3) is 1.03. The first-order chi connectivity index (χ1) is 4.97. The van der Waals surface area contributed by atoms with Gasteiger partial charge in [-0.05, 0) is 16.5 Å². The average Bonchev–Trinajstić information content (AvgIpc) is 2.59. The van der Waals surface area contributed by atoms with Gasteiger partial charge in [0.1, 0.15) is 0 Å². The number of hydrazone groups is 1. The Morgan fingerprint density at radius 1 is 1.70 bits per heavy atom. The van der Waals surface area contributed by atoms with E-state index in [2.05, 4.69) is 21.8 Å². The van der Waals surface area contributed by atoms with Crippen molar-refractivity contribution in [3.63, 3.8) is 0 Å². The molecule has 6 heteroatoms. The van der Waals surface area contributed by atoms with E-state index in [9.17, 15) is 0 Å². The van der Waals surface area contributed by atoms with Crippen molar-refractivity contribution in [3.8, 4) is 11.3 Å². The maximum atomic E-state index is 4.05. The SMILES string of the molecule is C1#CSN(N2N=CCS2)N1. The van der Waals surface area contributed by atoms with Crippen molar-refractivity contribution in [3.05, 3.63) is 0 Å². The number of hydrogen-bond acceptors (Lipinski definition) is 6. The first-order valence-corrected chi connectivity index (χ1v) is 4.36. The van der Waals surface area contributed by atoms with Crippen molar-refractivity contribution in [2.75, 3.05) is 5.75 Å². The van der Waals surface area contributed by atoms with Crippen LogP contribution in [0.1, 0.15) is 0 Å². The highest BCUT2D eigenvalue weighted by molar-refractivity contribution is 8.03. The molecule has 0 aromatic rings. The largest absolute Gasteiger partial charge is 0.246 e. The van der Waals surface area contributed by atoms with Crippen LogP contribution in [0.3, 0.4) is 0 Å². The second-order valence-electron chi connectivity index (χ2n) is 1.55. The van der Waals surface area contributed by atoms with E-state index in [1.807, 2.05) is 6.21 Å². The summed E-state index contributed by atoms with van der Waals surface area (Å²) in [6.07, 6.45) is 1.85. The lowest BCUT2D eigenvalue weighted by molar-refractivity contribution is 0.179. The monoisotopic (exact) mass is 172 g/mol. The Labute approximate surface area is 67.2 Å². The van der Waals surface area contributed by atoms with E-state index in [1.165, 1.54) is 11.9 Å². The summed E-state index contributed by atoms with van der Waals surface area (Å²) in [6, 6.07) is 2.71. The molecule has 0 saturated heterocycles. The lowest BCUT2D eigenvalue weighted by atomic mass is 10.9. The number of nitrogens with one attached hydrogen (secondary N) is 1. The second-order valence-corrected chi connectivity index (χ2v) is 3.20. The molecule has 2 heterocycles. The van der Waals surface area contributed by atoms with Gasteiger partial charge in [-0.3, -0.25) is 0 Å². The molecule has 0 radical (unpaired) electrons. The molecule has 0 spiro atoms. The van der Waals surface area contributed by atoms with Crippen LogP contribution in [0.2, 0.25) is 0 Å². The molecule has 0 atom stereocenters. The maximum Gasteiger partial charge on any atom is 0.0597 e. The van der Waals surface area contributed by atoms with Crippen LogP contribution >= 0.6 is 23.9 Å². The van der Waals surface area contributed by atoms with Gasteiger partial charge in [0.25, 0.3) is 0 Å². The molecule has 2 aliphatic rings. The van der Waals surface area contributed by atoms with Crippen LogP contribution in [0, 0.1) is 11.3 Å². The summed E-state index contributed by atoms with van der Waals surface area (Å²) < 4.78 is 3.49. The molecule has 0 unspecified atom stereocenters. The van der Waals surface area contributed by atoms with Crippen molar-refractivity contribution in [2.24, 2.45) is 5.10 Å². The minimum absolute atomic E-state index is 0.929. The van der Waals surface area contributed by atoms with Gasteiger partial charge >= 0.3 is 0 Å². The van der Waals surface area contributed by atoms with Gasteiger partial charge in [0.15, 0.2) is 0 Å². The highest BCUT2D eigenvalue weighted by atomic mass is 32.2. The van der Waals surface area contributed by atoms with E-state index < -0.39 is 0 Å². The fourth-order valence-corrected chi connectivity index (χ4v) is 1.74. The van der Waals surface area contributed by atoms with Crippen molar-refractivity contribution < 1.29 is 0 Å². The Kier molecular flexibility index (Phi) is 1.63. The first-order valence-electron chi connectivity index (χ1n) is 2.65. The lowest BCUT2D eigenvalue weighted by Gasteiger charge is -2.19. The smallest absolute Gasteiger partial charge is 0.0597 e. The zero-order chi connectivity index (χ0) is 6.81. The number of hydrazine groups is 2. The Hall–Kier alpha value is -0.510. The number of hydrogen-bond donors (Lipinski definition) is 1. The number of nitrogens with zero attached hydrogens (tertiary/aromatic N) is 3. The molecular formula is C4H4N4S2. The van der Waals surface area contributed by atoms with E-state index >= 15 is 0 Å². The van der Waals surface area contributed by atoms with Crippen molar-refractivity contribution in [1.82, 2.24) is 14.5 Å². The van der Waals surface area contributed by atoms with Crippen LogP contribution in [0.15, 0.2) is 5.10 Å². The van der Waals surface area contributed by atoms with Gasteiger partial charge in [-0.1, -0.05) is 0 Å². The predicted molar refractivity (Wildman–Crippen MR) is 43.1 cm³/mol. The molecular weight excluding hydrogens is 168 g/mol. The first kappa shape index (κ1) is 6.22. The summed E-state index contributed by atoms with van der Waals surface area (Å²) in [5, 5.41) is 6.85. The topological polar surface area (TPSA) is 30.9 Å². The van der Waals surface area contributed by atoms with Gasteiger partial charge in [0.05, 0.1) is 17.7 Å². The van der Waals surface area contributed by atoms with Gasteiger partial charge in [-0.2, -0.15) is 5.10 Å². The highest BCUT2D eigenvalue weighted by Gasteiger charge is 2.18. The van der Waals surface area contributed by atoms with Crippen molar-refractivity contribution in [1.29, 1.82) is 0 Å². The molecule has 0 saturated carbocycles. The minimum atomic E-state index is 0.929. The zero-order valence-electron chi connectivity index (χ0n) is 4.94. The quantitative estimate of drug-likeness (QED) is 0.452. The molecule has 52 valence electrons. The average molecular weight is 172 g/mol. The third-order valence-corrected chi connectivity index (χ3v) is 2.44. The molecule has 4 nitrogen and oxygen atoms in total. The van der Waals surface area contributed by atoms with E-state index in [-0.39, 0.29) is 0 Å². The predicted octanol–water partition coefficient (Wildman–Crippen LogP) is 0.238. The van der Waals surface area contributed by atoms with Gasteiger partial charge < -0.3 is 0 Å². The van der Waals surface area contributed by atoms with Crippen molar-refractivity contribution in [2.45, 2.75) is 0 Å². The van der Waals surface area contributed by atoms with Crippen molar-refractivity contribution >= 4 is 30.1 Å². The van der Waals surface area contributed by atoms with E-state index in [0.717, 1.165) is 5.75 Å². The Morgan fingerprint density at radius 2 is 2.70 bits per heavy atom. The molecule has 2 aliphatic heterocycles. The Morgan fingerprint density at radius 3 is 3.30 bits per heavy atom. The normalized spacial score (nSPS) is 22.6. The molecule has 0 aliphatic carbocycles. The Bertz CT molecular complexity index is 207. The van der Waals surface area contributed by atoms with Gasteiger partial charge in [0, 0.05) is 17.5 Å². The zero-order valence-corrected chi connectivity index (χ0v) is 6.58. The van der Waals surface area contributed by atoms with Crippen LogP contribution in [-0.4, -0.2) is 21.0 Å². The van der Waals surface area contributed by atoms with Crippen LogP contribution in [0.5, 0.6) is 0 Å². The molecule has 0 amide bonds. The van der Waals surface area contributed by atoms with E-state index in [4.69, 9.17) is 0 Å². The summed E-state index contributed by atoms with van der Waals surface area (Å²) in [6.45, 7) is 0. The third-order valence-electron chi connectivity index (χ3n) is 0.935. The van der Waals surface area contributed by atoms with Gasteiger partial charge in [-0.15, -0.1) is 4.52 Å². The van der Waals surface area contributed by atoms with Gasteiger partial charge in [0.2, 0.25) is 0 Å². The standard InChI is InChI=1S/C4H4N4S2/c1-3-9-7(5-1)8-6-2-4-10-8/h1,6H,3H2. The lowest BCUT2D eigenvalue weighted by Crippen LogP contribution is -2.33. The molecule has 0 aromatic heterocycles. The molecule has 10 heavy (non-hydrogen) atoms. The molecule has 0 aromatic carbocycles. The fraction of sp³-hybridized carbons (Fsp3) is 0.250. The van der Waals surface area contributed by atoms with Crippen LogP contribution < -0.4 is 5.43 Å². The molecule has 2 rings (SSSR count). The summed E-state index contributed by atoms with van der Waals surface area (Å²) in [5.41, 5.74) is 2.83. The van der Waals surface area contributed by atoms with E-state index in [1.54, 1.807) is 21.0 Å². The summed E-state index contributed by atoms with van der Waals surface area (Å²) >= 11 is 3.01. The molecule has 0 bridgehead atoms. The molecule has 0 fully saturated rings. The second kappa shape index (κ2) is 2.62. The molecule has 1 N–H and O–H groups in total. The maximum absolute atomic E-state index is 4.05. The van der Waals surface area contributed by atoms with Crippen LogP contribution in [-0.2, 0) is 0 Å². The van der Waals surface area contributed by atoms with Gasteiger partial charge in [-0.25, -0.2) is 5.43 Å². The highest BCUT2D eigenvalue weighted by Crippen LogP contribution is 2.23. The van der Waals surface area contributed by atoms with E-state index in [0.29, 0.717) is 0 Å².